The summed E-state index contributed by atoms with van der Waals surface area (Å²) in [6, 6.07) is 9.36. The van der Waals surface area contributed by atoms with Gasteiger partial charge in [-0.15, -0.1) is 0 Å². The van der Waals surface area contributed by atoms with Crippen LogP contribution in [0.3, 0.4) is 0 Å². The molecule has 0 aliphatic rings. The van der Waals surface area contributed by atoms with Gasteiger partial charge in [0, 0.05) is 21.8 Å². The SMILES string of the molecule is Cc1cccnc1-c1cc(Cl)cc(Cl)c1. The summed E-state index contributed by atoms with van der Waals surface area (Å²) in [4.78, 5) is 4.31. The number of pyridine rings is 1. The number of halogens is 2. The van der Waals surface area contributed by atoms with Gasteiger partial charge < -0.3 is 0 Å². The van der Waals surface area contributed by atoms with E-state index >= 15 is 0 Å². The van der Waals surface area contributed by atoms with Gasteiger partial charge in [0.2, 0.25) is 0 Å². The van der Waals surface area contributed by atoms with Crippen LogP contribution in [0, 0.1) is 6.92 Å². The molecular formula is C12H9Cl2N. The van der Waals surface area contributed by atoms with Crippen molar-refractivity contribution in [2.75, 3.05) is 0 Å². The van der Waals surface area contributed by atoms with E-state index in [2.05, 4.69) is 4.98 Å². The van der Waals surface area contributed by atoms with Crippen LogP contribution in [0.15, 0.2) is 36.5 Å². The van der Waals surface area contributed by atoms with Crippen LogP contribution in [-0.2, 0) is 0 Å². The summed E-state index contributed by atoms with van der Waals surface area (Å²) >= 11 is 11.9. The molecule has 0 amide bonds. The molecule has 1 nitrogen and oxygen atoms in total. The molecule has 0 spiro atoms. The van der Waals surface area contributed by atoms with Gasteiger partial charge in [0.25, 0.3) is 0 Å². The molecule has 0 radical (unpaired) electrons. The molecule has 76 valence electrons. The van der Waals surface area contributed by atoms with Crippen LogP contribution in [0.4, 0.5) is 0 Å². The van der Waals surface area contributed by atoms with Crippen LogP contribution in [0.1, 0.15) is 5.56 Å². The zero-order valence-electron chi connectivity index (χ0n) is 8.17. The van der Waals surface area contributed by atoms with Crippen molar-refractivity contribution >= 4 is 23.2 Å². The van der Waals surface area contributed by atoms with Crippen molar-refractivity contribution in [2.45, 2.75) is 6.92 Å². The lowest BCUT2D eigenvalue weighted by Gasteiger charge is -2.05. The Bertz CT molecular complexity index is 474. The molecule has 1 aromatic heterocycles. The summed E-state index contributed by atoms with van der Waals surface area (Å²) in [6.07, 6.45) is 1.76. The van der Waals surface area contributed by atoms with Crippen molar-refractivity contribution in [3.05, 3.63) is 52.1 Å². The molecule has 0 saturated carbocycles. The van der Waals surface area contributed by atoms with Crippen LogP contribution in [0.5, 0.6) is 0 Å². The Morgan fingerprint density at radius 2 is 1.73 bits per heavy atom. The van der Waals surface area contributed by atoms with Crippen molar-refractivity contribution < 1.29 is 0 Å². The molecular weight excluding hydrogens is 229 g/mol. The zero-order valence-corrected chi connectivity index (χ0v) is 9.68. The lowest BCUT2D eigenvalue weighted by Crippen LogP contribution is -1.87. The summed E-state index contributed by atoms with van der Waals surface area (Å²) < 4.78 is 0. The highest BCUT2D eigenvalue weighted by Crippen LogP contribution is 2.27. The Labute approximate surface area is 98.7 Å². The Morgan fingerprint density at radius 1 is 1.07 bits per heavy atom. The van der Waals surface area contributed by atoms with E-state index in [0.717, 1.165) is 16.8 Å². The molecule has 0 saturated heterocycles. The van der Waals surface area contributed by atoms with Crippen LogP contribution in [0.2, 0.25) is 10.0 Å². The van der Waals surface area contributed by atoms with Crippen LogP contribution >= 0.6 is 23.2 Å². The quantitative estimate of drug-likeness (QED) is 0.719. The average Bonchev–Trinajstić information content (AvgIpc) is 2.16. The predicted molar refractivity (Wildman–Crippen MR) is 64.4 cm³/mol. The van der Waals surface area contributed by atoms with E-state index in [4.69, 9.17) is 23.2 Å². The Kier molecular flexibility index (Phi) is 2.94. The third-order valence-electron chi connectivity index (χ3n) is 2.15. The molecule has 15 heavy (non-hydrogen) atoms. The Balaban J connectivity index is 2.59. The topological polar surface area (TPSA) is 12.9 Å². The van der Waals surface area contributed by atoms with E-state index in [-0.39, 0.29) is 0 Å². The van der Waals surface area contributed by atoms with Crippen LogP contribution in [0.25, 0.3) is 11.3 Å². The minimum atomic E-state index is 0.627. The lowest BCUT2D eigenvalue weighted by atomic mass is 10.1. The molecule has 0 bridgehead atoms. The highest BCUT2D eigenvalue weighted by molar-refractivity contribution is 6.35. The number of aryl methyl sites for hydroxylation is 1. The minimum Gasteiger partial charge on any atom is -0.256 e. The molecule has 0 atom stereocenters. The smallest absolute Gasteiger partial charge is 0.0732 e. The van der Waals surface area contributed by atoms with E-state index in [1.54, 1.807) is 12.3 Å². The monoisotopic (exact) mass is 237 g/mol. The summed E-state index contributed by atoms with van der Waals surface area (Å²) in [5.41, 5.74) is 2.98. The Morgan fingerprint density at radius 3 is 2.33 bits per heavy atom. The fourth-order valence-corrected chi connectivity index (χ4v) is 2.00. The standard InChI is InChI=1S/C12H9Cl2N/c1-8-3-2-4-15-12(8)9-5-10(13)7-11(14)6-9/h2-7H,1H3. The molecule has 1 aromatic carbocycles. The summed E-state index contributed by atoms with van der Waals surface area (Å²) in [5, 5.41) is 1.25. The van der Waals surface area contributed by atoms with Crippen molar-refractivity contribution in [3.8, 4) is 11.3 Å². The maximum absolute atomic E-state index is 5.94. The summed E-state index contributed by atoms with van der Waals surface area (Å²) in [6.45, 7) is 2.01. The van der Waals surface area contributed by atoms with Gasteiger partial charge in [0.1, 0.15) is 0 Å². The normalized spacial score (nSPS) is 10.3. The lowest BCUT2D eigenvalue weighted by molar-refractivity contribution is 1.27. The molecule has 0 aliphatic heterocycles. The maximum atomic E-state index is 5.94. The minimum absolute atomic E-state index is 0.627. The fourth-order valence-electron chi connectivity index (χ4n) is 1.48. The highest BCUT2D eigenvalue weighted by Gasteiger charge is 2.04. The second-order valence-electron chi connectivity index (χ2n) is 3.33. The van der Waals surface area contributed by atoms with E-state index in [1.165, 1.54) is 0 Å². The maximum Gasteiger partial charge on any atom is 0.0732 e. The van der Waals surface area contributed by atoms with Crippen LogP contribution in [-0.4, -0.2) is 4.98 Å². The van der Waals surface area contributed by atoms with Gasteiger partial charge in [-0.05, 0) is 36.8 Å². The third-order valence-corrected chi connectivity index (χ3v) is 2.58. The second kappa shape index (κ2) is 4.21. The van der Waals surface area contributed by atoms with Gasteiger partial charge >= 0.3 is 0 Å². The second-order valence-corrected chi connectivity index (χ2v) is 4.20. The number of nitrogens with zero attached hydrogens (tertiary/aromatic N) is 1. The van der Waals surface area contributed by atoms with E-state index in [0.29, 0.717) is 10.0 Å². The largest absolute Gasteiger partial charge is 0.256 e. The van der Waals surface area contributed by atoms with Gasteiger partial charge in [0.15, 0.2) is 0 Å². The first-order chi connectivity index (χ1) is 7.16. The van der Waals surface area contributed by atoms with E-state index in [1.807, 2.05) is 31.2 Å². The molecule has 1 heterocycles. The molecule has 0 N–H and O–H groups in total. The van der Waals surface area contributed by atoms with E-state index < -0.39 is 0 Å². The molecule has 3 heteroatoms. The van der Waals surface area contributed by atoms with Gasteiger partial charge in [-0.25, -0.2) is 0 Å². The first-order valence-corrected chi connectivity index (χ1v) is 5.30. The first kappa shape index (κ1) is 10.5. The van der Waals surface area contributed by atoms with Crippen LogP contribution < -0.4 is 0 Å². The molecule has 2 rings (SSSR count). The van der Waals surface area contributed by atoms with Crippen molar-refractivity contribution in [1.29, 1.82) is 0 Å². The number of hydrogen-bond donors (Lipinski definition) is 0. The summed E-state index contributed by atoms with van der Waals surface area (Å²) in [5.74, 6) is 0. The van der Waals surface area contributed by atoms with E-state index in [9.17, 15) is 0 Å². The zero-order chi connectivity index (χ0) is 10.8. The molecule has 0 unspecified atom stereocenters. The van der Waals surface area contributed by atoms with Crippen molar-refractivity contribution in [2.24, 2.45) is 0 Å². The van der Waals surface area contributed by atoms with Gasteiger partial charge in [-0.2, -0.15) is 0 Å². The third kappa shape index (κ3) is 2.31. The number of hydrogen-bond acceptors (Lipinski definition) is 1. The van der Waals surface area contributed by atoms with Crippen molar-refractivity contribution in [1.82, 2.24) is 4.98 Å². The number of rotatable bonds is 1. The van der Waals surface area contributed by atoms with Gasteiger partial charge in [-0.1, -0.05) is 29.3 Å². The Hall–Kier alpha value is -1.05. The van der Waals surface area contributed by atoms with Gasteiger partial charge in [-0.3, -0.25) is 4.98 Å². The van der Waals surface area contributed by atoms with Gasteiger partial charge in [0.05, 0.1) is 5.69 Å². The predicted octanol–water partition coefficient (Wildman–Crippen LogP) is 4.36. The number of aromatic nitrogens is 1. The highest BCUT2D eigenvalue weighted by atomic mass is 35.5. The molecule has 0 fully saturated rings. The molecule has 0 aliphatic carbocycles. The average molecular weight is 238 g/mol. The van der Waals surface area contributed by atoms with Crippen molar-refractivity contribution in [3.63, 3.8) is 0 Å². The molecule has 2 aromatic rings. The summed E-state index contributed by atoms with van der Waals surface area (Å²) in [7, 11) is 0. The number of benzene rings is 1. The fraction of sp³-hybridized carbons (Fsp3) is 0.0833. The first-order valence-electron chi connectivity index (χ1n) is 4.55.